The van der Waals surface area contributed by atoms with Gasteiger partial charge in [0, 0.05) is 0 Å². The molecule has 0 N–H and O–H groups in total. The summed E-state index contributed by atoms with van der Waals surface area (Å²) >= 11 is 0. The molecule has 1 aliphatic rings. The van der Waals surface area contributed by atoms with E-state index in [9.17, 15) is 0 Å². The van der Waals surface area contributed by atoms with Crippen molar-refractivity contribution < 1.29 is 0 Å². The summed E-state index contributed by atoms with van der Waals surface area (Å²) in [6.45, 7) is 4.80. The van der Waals surface area contributed by atoms with Gasteiger partial charge in [-0.15, -0.1) is 0 Å². The lowest BCUT2D eigenvalue weighted by Crippen LogP contribution is -2.24. The summed E-state index contributed by atoms with van der Waals surface area (Å²) in [6, 6.07) is 0. The summed E-state index contributed by atoms with van der Waals surface area (Å²) in [5.74, 6) is 0. The molecule has 20 heavy (non-hydrogen) atoms. The number of rotatable bonds is 14. The van der Waals surface area contributed by atoms with E-state index in [4.69, 9.17) is 0 Å². The van der Waals surface area contributed by atoms with E-state index in [0.717, 1.165) is 5.41 Å². The molecule has 0 aliphatic heterocycles. The Balaban J connectivity index is 1.68. The molecular formula is C20H40. The van der Waals surface area contributed by atoms with Crippen LogP contribution < -0.4 is 0 Å². The summed E-state index contributed by atoms with van der Waals surface area (Å²) < 4.78 is 0. The first-order valence-electron chi connectivity index (χ1n) is 9.77. The minimum absolute atomic E-state index is 0.762. The summed E-state index contributed by atoms with van der Waals surface area (Å²) in [6.07, 6.45) is 25.2. The fourth-order valence-electron chi connectivity index (χ4n) is 3.60. The molecule has 1 rings (SSSR count). The zero-order valence-corrected chi connectivity index (χ0v) is 14.5. The van der Waals surface area contributed by atoms with Crippen LogP contribution in [-0.4, -0.2) is 0 Å². The second-order valence-electron chi connectivity index (χ2n) is 7.66. The van der Waals surface area contributed by atoms with Gasteiger partial charge in [-0.1, -0.05) is 104 Å². The van der Waals surface area contributed by atoms with E-state index in [1.807, 2.05) is 0 Å². The third-order valence-corrected chi connectivity index (χ3v) is 5.44. The van der Waals surface area contributed by atoms with Crippen molar-refractivity contribution in [2.75, 3.05) is 0 Å². The monoisotopic (exact) mass is 280 g/mol. The molecule has 0 aromatic rings. The molecule has 0 radical (unpaired) electrons. The zero-order chi connectivity index (χ0) is 14.5. The Bertz CT molecular complexity index is 202. The Morgan fingerprint density at radius 3 is 1.35 bits per heavy atom. The normalized spacial score (nSPS) is 17.1. The van der Waals surface area contributed by atoms with E-state index < -0.39 is 0 Å². The maximum atomic E-state index is 2.50. The van der Waals surface area contributed by atoms with Crippen LogP contribution in [0.4, 0.5) is 0 Å². The molecule has 0 nitrogen and oxygen atoms in total. The van der Waals surface area contributed by atoms with Crippen LogP contribution in [0.3, 0.4) is 0 Å². The minimum atomic E-state index is 0.762. The average molecular weight is 281 g/mol. The Hall–Kier alpha value is 0. The molecule has 0 aromatic carbocycles. The van der Waals surface area contributed by atoms with Crippen LogP contribution in [0.25, 0.3) is 0 Å². The molecule has 0 unspecified atom stereocenters. The first-order valence-corrected chi connectivity index (χ1v) is 9.77. The van der Waals surface area contributed by atoms with Crippen molar-refractivity contribution in [3.05, 3.63) is 0 Å². The highest BCUT2D eigenvalue weighted by Crippen LogP contribution is 2.44. The largest absolute Gasteiger partial charge is 0.0654 e. The molecule has 0 atom stereocenters. The van der Waals surface area contributed by atoms with E-state index in [1.165, 1.54) is 109 Å². The Morgan fingerprint density at radius 1 is 0.600 bits per heavy atom. The molecule has 1 saturated carbocycles. The summed E-state index contributed by atoms with van der Waals surface area (Å²) in [5, 5.41) is 0. The second kappa shape index (κ2) is 11.6. The Kier molecular flexibility index (Phi) is 10.5. The van der Waals surface area contributed by atoms with Gasteiger partial charge in [0.25, 0.3) is 0 Å². The fraction of sp³-hybridized carbons (Fsp3) is 1.00. The summed E-state index contributed by atoms with van der Waals surface area (Å²) in [7, 11) is 0. The molecule has 1 aliphatic carbocycles. The molecule has 0 heteroatoms. The van der Waals surface area contributed by atoms with Crippen LogP contribution in [0.15, 0.2) is 0 Å². The standard InChI is InChI=1S/C20H40/c1-3-4-5-6-7-8-9-10-11-12-13-14-15-17-20(2)18-16-19-20/h3-19H2,1-2H3. The van der Waals surface area contributed by atoms with Gasteiger partial charge in [-0.2, -0.15) is 0 Å². The van der Waals surface area contributed by atoms with Crippen molar-refractivity contribution in [1.29, 1.82) is 0 Å². The molecule has 0 heterocycles. The number of hydrogen-bond acceptors (Lipinski definition) is 0. The molecule has 0 amide bonds. The van der Waals surface area contributed by atoms with Crippen LogP contribution in [0.2, 0.25) is 0 Å². The van der Waals surface area contributed by atoms with Gasteiger partial charge in [0.2, 0.25) is 0 Å². The van der Waals surface area contributed by atoms with E-state index in [1.54, 1.807) is 0 Å². The Morgan fingerprint density at radius 2 is 1.00 bits per heavy atom. The number of hydrogen-bond donors (Lipinski definition) is 0. The predicted molar refractivity (Wildman–Crippen MR) is 92.3 cm³/mol. The molecular weight excluding hydrogens is 240 g/mol. The van der Waals surface area contributed by atoms with Gasteiger partial charge in [-0.25, -0.2) is 0 Å². The van der Waals surface area contributed by atoms with Crippen LogP contribution in [0.5, 0.6) is 0 Å². The average Bonchev–Trinajstić information content (AvgIpc) is 2.42. The molecule has 120 valence electrons. The van der Waals surface area contributed by atoms with Crippen molar-refractivity contribution in [3.8, 4) is 0 Å². The second-order valence-corrected chi connectivity index (χ2v) is 7.66. The van der Waals surface area contributed by atoms with Gasteiger partial charge in [-0.3, -0.25) is 0 Å². The van der Waals surface area contributed by atoms with Gasteiger partial charge in [-0.05, 0) is 24.7 Å². The third kappa shape index (κ3) is 9.03. The summed E-state index contributed by atoms with van der Waals surface area (Å²) in [5.41, 5.74) is 0.762. The number of unbranched alkanes of at least 4 members (excludes halogenated alkanes) is 12. The zero-order valence-electron chi connectivity index (χ0n) is 14.5. The first kappa shape index (κ1) is 18.1. The van der Waals surface area contributed by atoms with E-state index in [-0.39, 0.29) is 0 Å². The summed E-state index contributed by atoms with van der Waals surface area (Å²) in [4.78, 5) is 0. The maximum Gasteiger partial charge on any atom is -0.0326 e. The van der Waals surface area contributed by atoms with Crippen molar-refractivity contribution in [1.82, 2.24) is 0 Å². The van der Waals surface area contributed by atoms with Gasteiger partial charge < -0.3 is 0 Å². The van der Waals surface area contributed by atoms with E-state index in [2.05, 4.69) is 13.8 Å². The van der Waals surface area contributed by atoms with Gasteiger partial charge in [0.05, 0.1) is 0 Å². The van der Waals surface area contributed by atoms with Crippen LogP contribution in [0, 0.1) is 5.41 Å². The molecule has 1 fully saturated rings. The fourth-order valence-corrected chi connectivity index (χ4v) is 3.60. The lowest BCUT2D eigenvalue weighted by Gasteiger charge is -2.38. The van der Waals surface area contributed by atoms with Crippen molar-refractivity contribution in [2.45, 2.75) is 123 Å². The van der Waals surface area contributed by atoms with E-state index in [0.29, 0.717) is 0 Å². The molecule has 0 bridgehead atoms. The van der Waals surface area contributed by atoms with Crippen molar-refractivity contribution in [3.63, 3.8) is 0 Å². The van der Waals surface area contributed by atoms with Crippen LogP contribution in [-0.2, 0) is 0 Å². The maximum absolute atomic E-state index is 2.50. The topological polar surface area (TPSA) is 0 Å². The first-order chi connectivity index (χ1) is 9.77. The predicted octanol–water partition coefficient (Wildman–Crippen LogP) is 7.66. The quantitative estimate of drug-likeness (QED) is 0.286. The van der Waals surface area contributed by atoms with E-state index >= 15 is 0 Å². The highest BCUT2D eigenvalue weighted by Gasteiger charge is 2.30. The Labute approximate surface area is 129 Å². The molecule has 0 spiro atoms. The van der Waals surface area contributed by atoms with Gasteiger partial charge >= 0.3 is 0 Å². The molecule has 0 saturated heterocycles. The van der Waals surface area contributed by atoms with Crippen molar-refractivity contribution >= 4 is 0 Å². The lowest BCUT2D eigenvalue weighted by molar-refractivity contribution is 0.141. The molecule has 0 aromatic heterocycles. The van der Waals surface area contributed by atoms with Gasteiger partial charge in [0.15, 0.2) is 0 Å². The highest BCUT2D eigenvalue weighted by molar-refractivity contribution is 4.82. The lowest BCUT2D eigenvalue weighted by atomic mass is 9.67. The smallest absolute Gasteiger partial charge is 0.0326 e. The van der Waals surface area contributed by atoms with Crippen molar-refractivity contribution in [2.24, 2.45) is 5.41 Å². The third-order valence-electron chi connectivity index (χ3n) is 5.44. The van der Waals surface area contributed by atoms with Crippen LogP contribution in [0.1, 0.15) is 123 Å². The van der Waals surface area contributed by atoms with Crippen LogP contribution >= 0.6 is 0 Å². The SMILES string of the molecule is CCCCCCCCCCCCCCCC1(C)CCC1. The highest BCUT2D eigenvalue weighted by atomic mass is 14.4. The minimum Gasteiger partial charge on any atom is -0.0654 e. The van der Waals surface area contributed by atoms with Gasteiger partial charge in [0.1, 0.15) is 0 Å².